The molecule has 1 atom stereocenters. The molecule has 0 saturated carbocycles. The van der Waals surface area contributed by atoms with Crippen molar-refractivity contribution in [1.82, 2.24) is 19.7 Å². The van der Waals surface area contributed by atoms with Crippen LogP contribution in [0.15, 0.2) is 18.2 Å². The van der Waals surface area contributed by atoms with E-state index in [2.05, 4.69) is 44.9 Å². The number of aromatic nitrogens is 3. The van der Waals surface area contributed by atoms with Gasteiger partial charge in [0.15, 0.2) is 0 Å². The zero-order valence-corrected chi connectivity index (χ0v) is 14.0. The Morgan fingerprint density at radius 3 is 3.09 bits per heavy atom. The van der Waals surface area contributed by atoms with Crippen molar-refractivity contribution >= 4 is 0 Å². The number of ether oxygens (including phenoxy) is 1. The first-order valence-corrected chi connectivity index (χ1v) is 8.54. The molecule has 5 nitrogen and oxygen atoms in total. The second kappa shape index (κ2) is 5.96. The monoisotopic (exact) mass is 312 g/mol. The third-order valence-corrected chi connectivity index (χ3v) is 5.21. The van der Waals surface area contributed by atoms with Crippen molar-refractivity contribution in [2.24, 2.45) is 0 Å². The van der Waals surface area contributed by atoms with Crippen molar-refractivity contribution in [3.63, 3.8) is 0 Å². The smallest absolute Gasteiger partial charge is 0.133 e. The Hall–Kier alpha value is -1.88. The fourth-order valence-electron chi connectivity index (χ4n) is 3.81. The Labute approximate surface area is 137 Å². The Morgan fingerprint density at radius 2 is 2.17 bits per heavy atom. The summed E-state index contributed by atoms with van der Waals surface area (Å²) in [5.41, 5.74) is 2.75. The maximum absolute atomic E-state index is 5.60. The first-order chi connectivity index (χ1) is 11.2. The van der Waals surface area contributed by atoms with E-state index in [0.29, 0.717) is 6.04 Å². The molecule has 1 unspecified atom stereocenters. The molecule has 2 aliphatic heterocycles. The van der Waals surface area contributed by atoms with Crippen molar-refractivity contribution in [2.45, 2.75) is 51.7 Å². The van der Waals surface area contributed by atoms with Crippen molar-refractivity contribution in [3.05, 3.63) is 41.0 Å². The highest BCUT2D eigenvalue weighted by Gasteiger charge is 2.22. The molecule has 0 aliphatic carbocycles. The zero-order valence-electron chi connectivity index (χ0n) is 14.0. The van der Waals surface area contributed by atoms with Crippen molar-refractivity contribution in [1.29, 1.82) is 0 Å². The van der Waals surface area contributed by atoms with E-state index in [1.807, 2.05) is 6.92 Å². The molecule has 0 fully saturated rings. The number of hydrogen-bond donors (Lipinski definition) is 0. The quantitative estimate of drug-likeness (QED) is 0.872. The largest absolute Gasteiger partial charge is 0.493 e. The van der Waals surface area contributed by atoms with Crippen LogP contribution < -0.4 is 4.74 Å². The van der Waals surface area contributed by atoms with E-state index < -0.39 is 0 Å². The number of rotatable bonds is 3. The van der Waals surface area contributed by atoms with Gasteiger partial charge in [-0.3, -0.25) is 4.90 Å². The summed E-state index contributed by atoms with van der Waals surface area (Å²) < 4.78 is 7.88. The molecular weight excluding hydrogens is 288 g/mol. The molecule has 122 valence electrons. The lowest BCUT2D eigenvalue weighted by molar-refractivity contribution is 0.210. The van der Waals surface area contributed by atoms with Gasteiger partial charge in [-0.2, -0.15) is 0 Å². The van der Waals surface area contributed by atoms with E-state index in [0.717, 1.165) is 62.8 Å². The SMILES string of the molecule is Cc1nnc2n1CCC(N(C)Cc1ccc3c(c1)CCO3)CC2. The summed E-state index contributed by atoms with van der Waals surface area (Å²) in [6.07, 6.45) is 4.39. The fraction of sp³-hybridized carbons (Fsp3) is 0.556. The molecule has 2 aliphatic rings. The lowest BCUT2D eigenvalue weighted by atomic mass is 10.0. The maximum atomic E-state index is 5.60. The van der Waals surface area contributed by atoms with E-state index in [9.17, 15) is 0 Å². The predicted molar refractivity (Wildman–Crippen MR) is 88.6 cm³/mol. The van der Waals surface area contributed by atoms with Crippen LogP contribution in [0.1, 0.15) is 35.6 Å². The summed E-state index contributed by atoms with van der Waals surface area (Å²) in [6.45, 7) is 4.90. The van der Waals surface area contributed by atoms with Gasteiger partial charge in [0, 0.05) is 32.0 Å². The van der Waals surface area contributed by atoms with Crippen LogP contribution in [0.5, 0.6) is 5.75 Å². The topological polar surface area (TPSA) is 43.2 Å². The van der Waals surface area contributed by atoms with Crippen molar-refractivity contribution in [2.75, 3.05) is 13.7 Å². The second-order valence-electron chi connectivity index (χ2n) is 6.75. The molecule has 1 aromatic carbocycles. The van der Waals surface area contributed by atoms with E-state index in [4.69, 9.17) is 4.74 Å². The molecule has 4 rings (SSSR count). The van der Waals surface area contributed by atoms with E-state index in [1.54, 1.807) is 0 Å². The van der Waals surface area contributed by atoms with Gasteiger partial charge < -0.3 is 9.30 Å². The Bertz CT molecular complexity index is 709. The van der Waals surface area contributed by atoms with Gasteiger partial charge in [0.05, 0.1) is 6.61 Å². The molecule has 0 amide bonds. The second-order valence-corrected chi connectivity index (χ2v) is 6.75. The molecule has 0 saturated heterocycles. The lowest BCUT2D eigenvalue weighted by Crippen LogP contribution is -2.31. The highest BCUT2D eigenvalue weighted by atomic mass is 16.5. The van der Waals surface area contributed by atoms with Gasteiger partial charge in [-0.25, -0.2) is 0 Å². The highest BCUT2D eigenvalue weighted by Crippen LogP contribution is 2.27. The summed E-state index contributed by atoms with van der Waals surface area (Å²) in [5.74, 6) is 3.26. The minimum atomic E-state index is 0.598. The minimum absolute atomic E-state index is 0.598. The first kappa shape index (κ1) is 14.7. The van der Waals surface area contributed by atoms with E-state index in [1.165, 1.54) is 11.1 Å². The van der Waals surface area contributed by atoms with E-state index >= 15 is 0 Å². The molecule has 0 radical (unpaired) electrons. The summed E-state index contributed by atoms with van der Waals surface area (Å²) in [5, 5.41) is 8.51. The zero-order chi connectivity index (χ0) is 15.8. The molecule has 5 heteroatoms. The third kappa shape index (κ3) is 2.85. The number of aryl methyl sites for hydroxylation is 2. The normalized spacial score (nSPS) is 20.0. The van der Waals surface area contributed by atoms with Gasteiger partial charge in [0.25, 0.3) is 0 Å². The van der Waals surface area contributed by atoms with E-state index in [-0.39, 0.29) is 0 Å². The summed E-state index contributed by atoms with van der Waals surface area (Å²) in [7, 11) is 2.24. The van der Waals surface area contributed by atoms with Crippen LogP contribution >= 0.6 is 0 Å². The molecular formula is C18H24N4O. The van der Waals surface area contributed by atoms with Crippen molar-refractivity contribution in [3.8, 4) is 5.75 Å². The molecule has 1 aromatic heterocycles. The van der Waals surface area contributed by atoms with Gasteiger partial charge in [-0.05, 0) is 44.0 Å². The third-order valence-electron chi connectivity index (χ3n) is 5.21. The first-order valence-electron chi connectivity index (χ1n) is 8.54. The van der Waals surface area contributed by atoms with Gasteiger partial charge >= 0.3 is 0 Å². The average Bonchev–Trinajstić information content (AvgIpc) is 3.07. The standard InChI is InChI=1S/C18H24N4O/c1-13-19-20-18-6-4-16(7-9-22(13)18)21(2)12-14-3-5-17-15(11-14)8-10-23-17/h3,5,11,16H,4,6-10,12H2,1-2H3. The maximum Gasteiger partial charge on any atom is 0.133 e. The Morgan fingerprint density at radius 1 is 1.26 bits per heavy atom. The Kier molecular flexibility index (Phi) is 3.81. The van der Waals surface area contributed by atoms with Crippen LogP contribution in [0, 0.1) is 6.92 Å². The van der Waals surface area contributed by atoms with Crippen LogP contribution in [0.25, 0.3) is 0 Å². The van der Waals surface area contributed by atoms with Crippen molar-refractivity contribution < 1.29 is 4.74 Å². The minimum Gasteiger partial charge on any atom is -0.493 e. The van der Waals surface area contributed by atoms with Crippen LogP contribution in [-0.4, -0.2) is 39.4 Å². The van der Waals surface area contributed by atoms with Crippen LogP contribution in [0.4, 0.5) is 0 Å². The highest BCUT2D eigenvalue weighted by molar-refractivity contribution is 5.39. The Balaban J connectivity index is 1.42. The average molecular weight is 312 g/mol. The number of hydrogen-bond acceptors (Lipinski definition) is 4. The number of nitrogens with zero attached hydrogens (tertiary/aromatic N) is 4. The summed E-state index contributed by atoms with van der Waals surface area (Å²) in [6, 6.07) is 7.24. The van der Waals surface area contributed by atoms with Crippen LogP contribution in [0.2, 0.25) is 0 Å². The van der Waals surface area contributed by atoms with Gasteiger partial charge in [0.1, 0.15) is 17.4 Å². The number of benzene rings is 1. The predicted octanol–water partition coefficient (Wildman–Crippen LogP) is 2.36. The van der Waals surface area contributed by atoms with Crippen LogP contribution in [0.3, 0.4) is 0 Å². The van der Waals surface area contributed by atoms with Gasteiger partial charge in [-0.1, -0.05) is 12.1 Å². The van der Waals surface area contributed by atoms with Gasteiger partial charge in [0.2, 0.25) is 0 Å². The number of fused-ring (bicyclic) bond motifs is 2. The fourth-order valence-corrected chi connectivity index (χ4v) is 3.81. The van der Waals surface area contributed by atoms with Crippen LogP contribution in [-0.2, 0) is 25.9 Å². The molecule has 3 heterocycles. The molecule has 0 bridgehead atoms. The molecule has 0 N–H and O–H groups in total. The van der Waals surface area contributed by atoms with Gasteiger partial charge in [-0.15, -0.1) is 10.2 Å². The lowest BCUT2D eigenvalue weighted by Gasteiger charge is -2.27. The molecule has 0 spiro atoms. The summed E-state index contributed by atoms with van der Waals surface area (Å²) in [4.78, 5) is 2.49. The summed E-state index contributed by atoms with van der Waals surface area (Å²) >= 11 is 0. The molecule has 23 heavy (non-hydrogen) atoms. The molecule has 2 aromatic rings.